The van der Waals surface area contributed by atoms with Gasteiger partial charge in [-0.2, -0.15) is 4.31 Å². The third-order valence-corrected chi connectivity index (χ3v) is 9.95. The van der Waals surface area contributed by atoms with Crippen LogP contribution in [-0.2, 0) is 26.0 Å². The summed E-state index contributed by atoms with van der Waals surface area (Å²) in [6, 6.07) is 5.27. The molecule has 0 aromatic heterocycles. The van der Waals surface area contributed by atoms with Crippen molar-refractivity contribution < 1.29 is 18.0 Å². The number of nitrogens with zero attached hydrogens (tertiary/aromatic N) is 3. The molecule has 3 heterocycles. The number of hydrogen-bond acceptors (Lipinski definition) is 4. The molecule has 0 N–H and O–H groups in total. The van der Waals surface area contributed by atoms with E-state index in [1.807, 2.05) is 16.7 Å². The van der Waals surface area contributed by atoms with E-state index in [2.05, 4.69) is 13.8 Å². The number of fused-ring (bicyclic) bond motifs is 1. The van der Waals surface area contributed by atoms with Crippen LogP contribution < -0.4 is 4.90 Å². The average molecular weight is 488 g/mol. The Balaban J connectivity index is 1.25. The van der Waals surface area contributed by atoms with Gasteiger partial charge in [0.25, 0.3) is 0 Å². The summed E-state index contributed by atoms with van der Waals surface area (Å²) in [5, 5.41) is 0. The molecule has 2 saturated heterocycles. The van der Waals surface area contributed by atoms with Gasteiger partial charge < -0.3 is 9.80 Å². The lowest BCUT2D eigenvalue weighted by Crippen LogP contribution is -2.48. The Bertz CT molecular complexity index is 1070. The van der Waals surface area contributed by atoms with Crippen molar-refractivity contribution in [2.75, 3.05) is 31.1 Å². The van der Waals surface area contributed by atoms with E-state index in [-0.39, 0.29) is 29.7 Å². The SMILES string of the molecule is C[C@@H]1C[C@H](C)CN(C(=O)C2CCN(S(=O)(=O)c3ccc4c(c3)C[C@H](C)N4C(=O)C3CC3)CC2)C1. The maximum absolute atomic E-state index is 13.4. The van der Waals surface area contributed by atoms with E-state index in [0.29, 0.717) is 49.1 Å². The van der Waals surface area contributed by atoms with E-state index in [0.717, 1.165) is 43.6 Å². The number of hydrogen-bond donors (Lipinski definition) is 0. The van der Waals surface area contributed by atoms with Crippen LogP contribution in [0.25, 0.3) is 0 Å². The van der Waals surface area contributed by atoms with Gasteiger partial charge in [-0.3, -0.25) is 9.59 Å². The second-order valence-corrected chi connectivity index (χ2v) is 13.1. The Hall–Kier alpha value is -1.93. The summed E-state index contributed by atoms with van der Waals surface area (Å²) >= 11 is 0. The topological polar surface area (TPSA) is 78.0 Å². The van der Waals surface area contributed by atoms with Crippen LogP contribution in [0.4, 0.5) is 5.69 Å². The minimum absolute atomic E-state index is 0.0584. The average Bonchev–Trinajstić information content (AvgIpc) is 3.59. The predicted octanol–water partition coefficient (Wildman–Crippen LogP) is 3.28. The quantitative estimate of drug-likeness (QED) is 0.653. The maximum Gasteiger partial charge on any atom is 0.243 e. The van der Waals surface area contributed by atoms with E-state index < -0.39 is 10.0 Å². The van der Waals surface area contributed by atoms with Crippen molar-refractivity contribution in [1.29, 1.82) is 0 Å². The highest BCUT2D eigenvalue weighted by atomic mass is 32.2. The molecule has 1 aromatic carbocycles. The first-order valence-corrected chi connectivity index (χ1v) is 14.3. The highest BCUT2D eigenvalue weighted by molar-refractivity contribution is 7.89. The number of carbonyl (C=O) groups excluding carboxylic acids is 2. The summed E-state index contributed by atoms with van der Waals surface area (Å²) in [6.07, 6.45) is 4.90. The second-order valence-electron chi connectivity index (χ2n) is 11.2. The van der Waals surface area contributed by atoms with Gasteiger partial charge in [-0.25, -0.2) is 8.42 Å². The molecule has 3 fully saturated rings. The molecule has 3 aliphatic heterocycles. The zero-order valence-corrected chi connectivity index (χ0v) is 21.4. The summed E-state index contributed by atoms with van der Waals surface area (Å²) < 4.78 is 28.4. The molecule has 0 radical (unpaired) electrons. The number of piperidine rings is 2. The van der Waals surface area contributed by atoms with Crippen LogP contribution in [0.1, 0.15) is 58.4 Å². The van der Waals surface area contributed by atoms with Gasteiger partial charge in [0.15, 0.2) is 0 Å². The molecule has 0 spiro atoms. The highest BCUT2D eigenvalue weighted by Crippen LogP contribution is 2.40. The Morgan fingerprint density at radius 2 is 1.50 bits per heavy atom. The van der Waals surface area contributed by atoms with Crippen LogP contribution >= 0.6 is 0 Å². The van der Waals surface area contributed by atoms with Gasteiger partial charge in [-0.15, -0.1) is 0 Å². The lowest BCUT2D eigenvalue weighted by molar-refractivity contribution is -0.139. The Labute approximate surface area is 203 Å². The van der Waals surface area contributed by atoms with Gasteiger partial charge in [-0.05, 0) is 81.0 Å². The van der Waals surface area contributed by atoms with Crippen LogP contribution in [0.15, 0.2) is 23.1 Å². The molecule has 8 heteroatoms. The molecule has 0 unspecified atom stereocenters. The van der Waals surface area contributed by atoms with Crippen molar-refractivity contribution >= 4 is 27.5 Å². The fourth-order valence-electron chi connectivity index (χ4n) is 6.22. The highest BCUT2D eigenvalue weighted by Gasteiger charge is 2.40. The molecule has 2 amide bonds. The number of benzene rings is 1. The van der Waals surface area contributed by atoms with Crippen LogP contribution in [-0.4, -0.2) is 61.7 Å². The lowest BCUT2D eigenvalue weighted by Gasteiger charge is -2.39. The largest absolute Gasteiger partial charge is 0.342 e. The van der Waals surface area contributed by atoms with Crippen LogP contribution in [0.5, 0.6) is 0 Å². The van der Waals surface area contributed by atoms with Crippen molar-refractivity contribution in [2.45, 2.75) is 70.2 Å². The third-order valence-electron chi connectivity index (χ3n) is 8.05. The molecule has 1 aliphatic carbocycles. The Morgan fingerprint density at radius 1 is 0.882 bits per heavy atom. The Morgan fingerprint density at radius 3 is 2.12 bits per heavy atom. The van der Waals surface area contributed by atoms with E-state index in [1.54, 1.807) is 18.2 Å². The lowest BCUT2D eigenvalue weighted by atomic mass is 9.89. The molecule has 34 heavy (non-hydrogen) atoms. The van der Waals surface area contributed by atoms with Gasteiger partial charge in [0.05, 0.1) is 4.90 Å². The number of rotatable bonds is 4. The van der Waals surface area contributed by atoms with Gasteiger partial charge >= 0.3 is 0 Å². The zero-order valence-electron chi connectivity index (χ0n) is 20.6. The monoisotopic (exact) mass is 487 g/mol. The smallest absolute Gasteiger partial charge is 0.243 e. The molecule has 7 nitrogen and oxygen atoms in total. The van der Waals surface area contributed by atoms with E-state index in [9.17, 15) is 18.0 Å². The van der Waals surface area contributed by atoms with Gasteiger partial charge in [0.2, 0.25) is 21.8 Å². The molecule has 0 bridgehead atoms. The zero-order chi connectivity index (χ0) is 24.2. The summed E-state index contributed by atoms with van der Waals surface area (Å²) in [4.78, 5) is 30.0. The van der Waals surface area contributed by atoms with Crippen LogP contribution in [0, 0.1) is 23.7 Å². The molecule has 186 valence electrons. The first-order valence-electron chi connectivity index (χ1n) is 12.9. The van der Waals surface area contributed by atoms with Gasteiger partial charge in [-0.1, -0.05) is 13.8 Å². The van der Waals surface area contributed by atoms with Crippen molar-refractivity contribution in [1.82, 2.24) is 9.21 Å². The number of anilines is 1. The van der Waals surface area contributed by atoms with Crippen molar-refractivity contribution in [3.05, 3.63) is 23.8 Å². The number of sulfonamides is 1. The molecular weight excluding hydrogens is 450 g/mol. The summed E-state index contributed by atoms with van der Waals surface area (Å²) in [6.45, 7) is 8.80. The predicted molar refractivity (Wildman–Crippen MR) is 131 cm³/mol. The molecule has 4 aliphatic rings. The summed E-state index contributed by atoms with van der Waals surface area (Å²) in [7, 11) is -3.63. The van der Waals surface area contributed by atoms with Crippen molar-refractivity contribution in [2.24, 2.45) is 23.7 Å². The van der Waals surface area contributed by atoms with Gasteiger partial charge in [0, 0.05) is 49.7 Å². The standard InChI is InChI=1S/C26H37N3O4S/c1-17-12-18(2)16-27(15-17)25(30)21-8-10-28(11-9-21)34(32,33)23-6-7-24-22(14-23)13-19(3)29(24)26(31)20-4-5-20/h6-7,14,17-21H,4-5,8-13,15-16H2,1-3H3/t17-,18+,19-/m0/s1. The summed E-state index contributed by atoms with van der Waals surface area (Å²) in [5.74, 6) is 1.45. The first-order chi connectivity index (χ1) is 16.1. The minimum Gasteiger partial charge on any atom is -0.342 e. The molecule has 1 saturated carbocycles. The molecule has 5 rings (SSSR count). The molecule has 3 atom stereocenters. The van der Waals surface area contributed by atoms with E-state index >= 15 is 0 Å². The molecule has 1 aromatic rings. The third kappa shape index (κ3) is 4.39. The fourth-order valence-corrected chi connectivity index (χ4v) is 7.74. The number of amides is 2. The summed E-state index contributed by atoms with van der Waals surface area (Å²) in [5.41, 5.74) is 1.79. The fraction of sp³-hybridized carbons (Fsp3) is 0.692. The van der Waals surface area contributed by atoms with Crippen LogP contribution in [0.2, 0.25) is 0 Å². The number of carbonyl (C=O) groups is 2. The van der Waals surface area contributed by atoms with Gasteiger partial charge in [0.1, 0.15) is 0 Å². The second kappa shape index (κ2) is 8.94. The first kappa shape index (κ1) is 23.8. The minimum atomic E-state index is -3.63. The Kier molecular flexibility index (Phi) is 6.25. The van der Waals surface area contributed by atoms with Crippen LogP contribution in [0.3, 0.4) is 0 Å². The molecular formula is C26H37N3O4S. The van der Waals surface area contributed by atoms with Crippen molar-refractivity contribution in [3.8, 4) is 0 Å². The maximum atomic E-state index is 13.4. The van der Waals surface area contributed by atoms with Crippen molar-refractivity contribution in [3.63, 3.8) is 0 Å². The van der Waals surface area contributed by atoms with E-state index in [4.69, 9.17) is 0 Å². The van der Waals surface area contributed by atoms with E-state index in [1.165, 1.54) is 4.31 Å². The number of likely N-dealkylation sites (tertiary alicyclic amines) is 1. The normalized spacial score (nSPS) is 28.7.